The Morgan fingerprint density at radius 1 is 0.892 bits per heavy atom. The van der Waals surface area contributed by atoms with Gasteiger partial charge in [-0.1, -0.05) is 74.5 Å². The second-order valence-corrected chi connectivity index (χ2v) is 9.14. The lowest BCUT2D eigenvalue weighted by atomic mass is 10.1. The summed E-state index contributed by atoms with van der Waals surface area (Å²) in [6.45, 7) is 4.10. The van der Waals surface area contributed by atoms with E-state index in [-0.39, 0.29) is 11.6 Å². The van der Waals surface area contributed by atoms with Crippen molar-refractivity contribution in [3.05, 3.63) is 113 Å². The largest absolute Gasteiger partial charge is 0.322 e. The molecule has 0 aliphatic rings. The van der Waals surface area contributed by atoms with E-state index in [1.807, 2.05) is 91.9 Å². The van der Waals surface area contributed by atoms with Crippen molar-refractivity contribution in [1.29, 1.82) is 0 Å². The average Bonchev–Trinajstić information content (AvgIpc) is 2.94. The van der Waals surface area contributed by atoms with Crippen molar-refractivity contribution in [2.24, 2.45) is 0 Å². The molecule has 0 aliphatic heterocycles. The zero-order valence-corrected chi connectivity index (χ0v) is 21.3. The molecule has 0 spiro atoms. The van der Waals surface area contributed by atoms with Crippen LogP contribution in [0.2, 0.25) is 0 Å². The maximum atomic E-state index is 13.8. The summed E-state index contributed by atoms with van der Waals surface area (Å²) in [5.41, 5.74) is 3.13. The zero-order chi connectivity index (χ0) is 25.9. The number of urea groups is 1. The van der Waals surface area contributed by atoms with Gasteiger partial charge in [0, 0.05) is 12.4 Å². The molecular weight excluding hydrogens is 460 g/mol. The topological polar surface area (TPSA) is 67.2 Å². The highest BCUT2D eigenvalue weighted by atomic mass is 16.2. The smallest absolute Gasteiger partial charge is 0.317 e. The standard InChI is InChI=1S/C31H30N4O2/c1-4-21-17-19-23(20-18-21)35-29(32-27-15-9-8-14-25(27)30(35)36)28(5-2)34(3)31(37)33-26-16-10-12-22-11-6-7-13-24(22)26/h6-20,28H,4-5H2,1-3H3,(H,33,37). The third kappa shape index (κ3) is 4.58. The molecule has 0 aliphatic carbocycles. The first kappa shape index (κ1) is 24.3. The molecule has 5 aromatic rings. The Kier molecular flexibility index (Phi) is 6.73. The summed E-state index contributed by atoms with van der Waals surface area (Å²) in [5, 5.41) is 5.63. The summed E-state index contributed by atoms with van der Waals surface area (Å²) in [6, 6.07) is 28.4. The summed E-state index contributed by atoms with van der Waals surface area (Å²) in [7, 11) is 1.75. The molecule has 6 nitrogen and oxygen atoms in total. The van der Waals surface area contributed by atoms with Gasteiger partial charge in [0.2, 0.25) is 0 Å². The molecule has 1 heterocycles. The minimum Gasteiger partial charge on any atom is -0.317 e. The molecule has 37 heavy (non-hydrogen) atoms. The highest BCUT2D eigenvalue weighted by Crippen LogP contribution is 2.27. The summed E-state index contributed by atoms with van der Waals surface area (Å²) in [6.07, 6.45) is 1.49. The predicted molar refractivity (Wildman–Crippen MR) is 150 cm³/mol. The van der Waals surface area contributed by atoms with Gasteiger partial charge in [0.1, 0.15) is 5.82 Å². The second kappa shape index (κ2) is 10.3. The molecule has 1 N–H and O–H groups in total. The lowest BCUT2D eigenvalue weighted by Gasteiger charge is -2.29. The number of hydrogen-bond acceptors (Lipinski definition) is 3. The molecule has 5 rings (SSSR count). The number of rotatable bonds is 6. The number of nitrogens with one attached hydrogen (secondary N) is 1. The van der Waals surface area contributed by atoms with E-state index in [1.165, 1.54) is 5.56 Å². The van der Waals surface area contributed by atoms with Crippen molar-refractivity contribution in [2.75, 3.05) is 12.4 Å². The maximum absolute atomic E-state index is 13.8. The molecule has 4 aromatic carbocycles. The van der Waals surface area contributed by atoms with Crippen LogP contribution in [0.5, 0.6) is 0 Å². The number of aromatic nitrogens is 2. The number of nitrogens with zero attached hydrogens (tertiary/aromatic N) is 3. The van der Waals surface area contributed by atoms with Crippen molar-refractivity contribution >= 4 is 33.4 Å². The molecule has 0 bridgehead atoms. The highest BCUT2D eigenvalue weighted by Gasteiger charge is 2.27. The average molecular weight is 491 g/mol. The lowest BCUT2D eigenvalue weighted by molar-refractivity contribution is 0.199. The predicted octanol–water partition coefficient (Wildman–Crippen LogP) is 6.72. The van der Waals surface area contributed by atoms with Crippen LogP contribution in [0, 0.1) is 0 Å². The van der Waals surface area contributed by atoms with Gasteiger partial charge in [-0.2, -0.15) is 0 Å². The zero-order valence-electron chi connectivity index (χ0n) is 21.3. The number of anilines is 1. The molecule has 2 amide bonds. The van der Waals surface area contributed by atoms with E-state index in [1.54, 1.807) is 22.6 Å². The Balaban J connectivity index is 1.58. The molecule has 186 valence electrons. The molecule has 0 radical (unpaired) electrons. The Morgan fingerprint density at radius 2 is 1.57 bits per heavy atom. The van der Waals surface area contributed by atoms with E-state index in [0.29, 0.717) is 23.1 Å². The van der Waals surface area contributed by atoms with Crippen molar-refractivity contribution in [2.45, 2.75) is 32.7 Å². The van der Waals surface area contributed by atoms with Crippen molar-refractivity contribution in [1.82, 2.24) is 14.5 Å². The fraction of sp³-hybridized carbons (Fsp3) is 0.194. The van der Waals surface area contributed by atoms with Crippen LogP contribution in [0.1, 0.15) is 37.7 Å². The summed E-state index contributed by atoms with van der Waals surface area (Å²) >= 11 is 0. The molecule has 0 saturated carbocycles. The number of benzene rings is 4. The normalized spacial score (nSPS) is 12.0. The van der Waals surface area contributed by atoms with E-state index in [9.17, 15) is 9.59 Å². The van der Waals surface area contributed by atoms with E-state index in [0.717, 1.165) is 28.6 Å². The number of para-hydroxylation sites is 1. The summed E-state index contributed by atoms with van der Waals surface area (Å²) < 4.78 is 1.65. The van der Waals surface area contributed by atoms with Gasteiger partial charge < -0.3 is 10.2 Å². The van der Waals surface area contributed by atoms with Gasteiger partial charge >= 0.3 is 6.03 Å². The fourth-order valence-corrected chi connectivity index (χ4v) is 4.81. The van der Waals surface area contributed by atoms with Gasteiger partial charge in [0.15, 0.2) is 0 Å². The van der Waals surface area contributed by atoms with Gasteiger partial charge in [-0.15, -0.1) is 0 Å². The van der Waals surface area contributed by atoms with Crippen LogP contribution in [0.4, 0.5) is 10.5 Å². The van der Waals surface area contributed by atoms with Crippen LogP contribution < -0.4 is 10.9 Å². The van der Waals surface area contributed by atoms with Gasteiger partial charge in [0.05, 0.1) is 28.3 Å². The maximum Gasteiger partial charge on any atom is 0.322 e. The molecule has 0 saturated heterocycles. The molecule has 1 atom stereocenters. The number of carbonyl (C=O) groups excluding carboxylic acids is 1. The van der Waals surface area contributed by atoms with Crippen LogP contribution in [-0.4, -0.2) is 27.5 Å². The Morgan fingerprint density at radius 3 is 2.30 bits per heavy atom. The van der Waals surface area contributed by atoms with E-state index < -0.39 is 6.04 Å². The summed E-state index contributed by atoms with van der Waals surface area (Å²) in [5.74, 6) is 0.533. The van der Waals surface area contributed by atoms with Crippen molar-refractivity contribution in [3.63, 3.8) is 0 Å². The van der Waals surface area contributed by atoms with Gasteiger partial charge in [-0.25, -0.2) is 9.78 Å². The van der Waals surface area contributed by atoms with Crippen molar-refractivity contribution < 1.29 is 4.79 Å². The van der Waals surface area contributed by atoms with Crippen molar-refractivity contribution in [3.8, 4) is 5.69 Å². The first-order chi connectivity index (χ1) is 18.0. The Labute approximate surface area is 216 Å². The number of aryl methyl sites for hydroxylation is 1. The molecular formula is C31H30N4O2. The van der Waals surface area contributed by atoms with Gasteiger partial charge in [-0.05, 0) is 54.1 Å². The SMILES string of the molecule is CCc1ccc(-n2c(C(CC)N(C)C(=O)Nc3cccc4ccccc34)nc3ccccc3c2=O)cc1. The third-order valence-electron chi connectivity index (χ3n) is 6.91. The van der Waals surface area contributed by atoms with E-state index in [2.05, 4.69) is 12.2 Å². The quantitative estimate of drug-likeness (QED) is 0.287. The number of amides is 2. The number of hydrogen-bond donors (Lipinski definition) is 1. The van der Waals surface area contributed by atoms with E-state index in [4.69, 9.17) is 4.98 Å². The minimum atomic E-state index is -0.432. The van der Waals surface area contributed by atoms with Crippen LogP contribution in [0.25, 0.3) is 27.4 Å². The Bertz CT molecular complexity index is 1630. The van der Waals surface area contributed by atoms with Gasteiger partial charge in [0.25, 0.3) is 5.56 Å². The molecule has 0 fully saturated rings. The molecule has 1 unspecified atom stereocenters. The fourth-order valence-electron chi connectivity index (χ4n) is 4.81. The lowest BCUT2D eigenvalue weighted by Crippen LogP contribution is -2.38. The first-order valence-corrected chi connectivity index (χ1v) is 12.6. The summed E-state index contributed by atoms with van der Waals surface area (Å²) in [4.78, 5) is 33.8. The Hall–Kier alpha value is -4.45. The van der Waals surface area contributed by atoms with E-state index >= 15 is 0 Å². The first-order valence-electron chi connectivity index (χ1n) is 12.6. The monoisotopic (exact) mass is 490 g/mol. The second-order valence-electron chi connectivity index (χ2n) is 9.14. The number of carbonyl (C=O) groups is 1. The van der Waals surface area contributed by atoms with Gasteiger partial charge in [-0.3, -0.25) is 9.36 Å². The third-order valence-corrected chi connectivity index (χ3v) is 6.91. The highest BCUT2D eigenvalue weighted by molar-refractivity contribution is 6.01. The van der Waals surface area contributed by atoms with Crippen LogP contribution in [0.15, 0.2) is 95.8 Å². The van der Waals surface area contributed by atoms with Crippen LogP contribution in [0.3, 0.4) is 0 Å². The van der Waals surface area contributed by atoms with Crippen LogP contribution in [-0.2, 0) is 6.42 Å². The van der Waals surface area contributed by atoms with Crippen LogP contribution >= 0.6 is 0 Å². The number of fused-ring (bicyclic) bond motifs is 2. The molecule has 6 heteroatoms. The molecule has 1 aromatic heterocycles. The minimum absolute atomic E-state index is 0.147.